The molecule has 0 amide bonds. The first kappa shape index (κ1) is 17.4. The number of rotatable bonds is 5. The van der Waals surface area contributed by atoms with Crippen LogP contribution in [0.1, 0.15) is 44.4 Å². The predicted molar refractivity (Wildman–Crippen MR) is 93.4 cm³/mol. The molecule has 0 radical (unpaired) electrons. The standard InChI is InChI=1S/C18H21BrFNO3/c1-3-8-18(10-14(22)23-4-2)17-11(7-9-24-18)15-12(19)5-6-13(20)16(15)21-17/h5-6,21H,3-4,7-10H2,1-2H3. The van der Waals surface area contributed by atoms with Crippen LogP contribution in [0, 0.1) is 5.82 Å². The lowest BCUT2D eigenvalue weighted by molar-refractivity contribution is -0.155. The SMILES string of the molecule is CCCC1(CC(=O)OCC)OCCc2c1[nH]c1c(F)ccc(Br)c21. The molecule has 1 atom stereocenters. The number of halogens is 2. The molecule has 6 heteroatoms. The van der Waals surface area contributed by atoms with Gasteiger partial charge >= 0.3 is 5.97 Å². The van der Waals surface area contributed by atoms with Crippen molar-refractivity contribution in [3.8, 4) is 0 Å². The maximum absolute atomic E-state index is 14.3. The number of carbonyl (C=O) groups is 1. The average molecular weight is 398 g/mol. The maximum atomic E-state index is 14.3. The number of nitrogens with one attached hydrogen (secondary N) is 1. The number of benzene rings is 1. The second kappa shape index (κ2) is 6.84. The van der Waals surface area contributed by atoms with E-state index in [9.17, 15) is 9.18 Å². The summed E-state index contributed by atoms with van der Waals surface area (Å²) in [6.07, 6.45) is 2.34. The summed E-state index contributed by atoms with van der Waals surface area (Å²) in [4.78, 5) is 15.4. The summed E-state index contributed by atoms with van der Waals surface area (Å²) in [6.45, 7) is 4.67. The van der Waals surface area contributed by atoms with Gasteiger partial charge in [-0.1, -0.05) is 29.3 Å². The van der Waals surface area contributed by atoms with Crippen LogP contribution in [-0.2, 0) is 26.3 Å². The fraction of sp³-hybridized carbons (Fsp3) is 0.500. The van der Waals surface area contributed by atoms with E-state index >= 15 is 0 Å². The molecule has 1 aromatic heterocycles. The molecule has 0 saturated heterocycles. The van der Waals surface area contributed by atoms with Crippen molar-refractivity contribution in [3.63, 3.8) is 0 Å². The van der Waals surface area contributed by atoms with Crippen molar-refractivity contribution in [3.05, 3.63) is 33.7 Å². The van der Waals surface area contributed by atoms with Gasteiger partial charge in [0, 0.05) is 9.86 Å². The molecule has 130 valence electrons. The lowest BCUT2D eigenvalue weighted by atomic mass is 9.85. The summed E-state index contributed by atoms with van der Waals surface area (Å²) in [5.41, 5.74) is 1.52. The fourth-order valence-corrected chi connectivity index (χ4v) is 4.20. The first-order valence-corrected chi connectivity index (χ1v) is 9.10. The van der Waals surface area contributed by atoms with Gasteiger partial charge in [-0.2, -0.15) is 0 Å². The molecule has 1 aromatic carbocycles. The molecule has 2 aromatic rings. The van der Waals surface area contributed by atoms with Gasteiger partial charge in [-0.05, 0) is 37.5 Å². The molecule has 0 bridgehead atoms. The lowest BCUT2D eigenvalue weighted by Crippen LogP contribution is -2.38. The Morgan fingerprint density at radius 3 is 2.96 bits per heavy atom. The molecule has 0 spiro atoms. The molecule has 1 unspecified atom stereocenters. The molecule has 0 saturated carbocycles. The van der Waals surface area contributed by atoms with Gasteiger partial charge in [-0.25, -0.2) is 4.39 Å². The Bertz CT molecular complexity index is 773. The number of hydrogen-bond donors (Lipinski definition) is 1. The van der Waals surface area contributed by atoms with Crippen LogP contribution in [0.3, 0.4) is 0 Å². The highest BCUT2D eigenvalue weighted by atomic mass is 79.9. The van der Waals surface area contributed by atoms with Crippen LogP contribution in [0.5, 0.6) is 0 Å². The van der Waals surface area contributed by atoms with Crippen LogP contribution >= 0.6 is 15.9 Å². The van der Waals surface area contributed by atoms with Gasteiger partial charge in [0.05, 0.1) is 30.8 Å². The molecule has 3 rings (SSSR count). The summed E-state index contributed by atoms with van der Waals surface area (Å²) in [5.74, 6) is -0.596. The molecule has 0 fully saturated rings. The fourth-order valence-electron chi connectivity index (χ4n) is 3.63. The van der Waals surface area contributed by atoms with E-state index in [-0.39, 0.29) is 18.2 Å². The van der Waals surface area contributed by atoms with Crippen LogP contribution in [0.4, 0.5) is 4.39 Å². The Morgan fingerprint density at radius 2 is 2.25 bits per heavy atom. The van der Waals surface area contributed by atoms with E-state index in [0.29, 0.717) is 31.6 Å². The quantitative estimate of drug-likeness (QED) is 0.750. The van der Waals surface area contributed by atoms with Crippen LogP contribution in [-0.4, -0.2) is 24.2 Å². The van der Waals surface area contributed by atoms with Gasteiger partial charge in [0.25, 0.3) is 0 Å². The summed E-state index contributed by atoms with van der Waals surface area (Å²) < 4.78 is 26.4. The van der Waals surface area contributed by atoms with Crippen LogP contribution in [0.15, 0.2) is 16.6 Å². The molecular formula is C18H21BrFNO3. The zero-order valence-electron chi connectivity index (χ0n) is 13.9. The van der Waals surface area contributed by atoms with E-state index in [1.165, 1.54) is 6.07 Å². The van der Waals surface area contributed by atoms with Crippen molar-refractivity contribution in [2.75, 3.05) is 13.2 Å². The molecule has 0 aliphatic carbocycles. The molecule has 4 nitrogen and oxygen atoms in total. The summed E-state index contributed by atoms with van der Waals surface area (Å²) >= 11 is 3.52. The number of fused-ring (bicyclic) bond motifs is 3. The van der Waals surface area contributed by atoms with Crippen molar-refractivity contribution in [2.24, 2.45) is 0 Å². The number of carbonyl (C=O) groups excluding carboxylic acids is 1. The molecule has 24 heavy (non-hydrogen) atoms. The van der Waals surface area contributed by atoms with Crippen LogP contribution in [0.2, 0.25) is 0 Å². The van der Waals surface area contributed by atoms with E-state index < -0.39 is 5.60 Å². The van der Waals surface area contributed by atoms with E-state index in [1.807, 2.05) is 6.92 Å². The zero-order chi connectivity index (χ0) is 17.3. The van der Waals surface area contributed by atoms with E-state index in [0.717, 1.165) is 27.5 Å². The summed E-state index contributed by atoms with van der Waals surface area (Å²) in [6, 6.07) is 3.15. The number of esters is 1. The first-order chi connectivity index (χ1) is 11.5. The Labute approximate surface area is 148 Å². The van der Waals surface area contributed by atoms with Crippen molar-refractivity contribution in [2.45, 2.75) is 45.1 Å². The van der Waals surface area contributed by atoms with Crippen LogP contribution in [0.25, 0.3) is 10.9 Å². The molecule has 2 heterocycles. The normalized spacial score (nSPS) is 20.2. The highest BCUT2D eigenvalue weighted by Gasteiger charge is 2.42. The molecule has 1 aliphatic heterocycles. The van der Waals surface area contributed by atoms with Gasteiger partial charge in [-0.15, -0.1) is 0 Å². The minimum Gasteiger partial charge on any atom is -0.466 e. The Hall–Kier alpha value is -1.40. The maximum Gasteiger partial charge on any atom is 0.309 e. The Morgan fingerprint density at radius 1 is 1.46 bits per heavy atom. The third kappa shape index (κ3) is 2.86. The topological polar surface area (TPSA) is 51.3 Å². The van der Waals surface area contributed by atoms with Gasteiger partial charge < -0.3 is 14.5 Å². The predicted octanol–water partition coefficient (Wildman–Crippen LogP) is 4.59. The first-order valence-electron chi connectivity index (χ1n) is 8.31. The number of aromatic nitrogens is 1. The van der Waals surface area contributed by atoms with E-state index in [1.54, 1.807) is 13.0 Å². The molecular weight excluding hydrogens is 377 g/mol. The number of ether oxygens (including phenoxy) is 2. The number of hydrogen-bond acceptors (Lipinski definition) is 3. The smallest absolute Gasteiger partial charge is 0.309 e. The number of aromatic amines is 1. The second-order valence-corrected chi connectivity index (χ2v) is 6.94. The van der Waals surface area contributed by atoms with Gasteiger partial charge in [0.15, 0.2) is 0 Å². The zero-order valence-corrected chi connectivity index (χ0v) is 15.5. The minimum atomic E-state index is -0.778. The lowest BCUT2D eigenvalue weighted by Gasteiger charge is -2.36. The highest BCUT2D eigenvalue weighted by Crippen LogP contribution is 2.44. The van der Waals surface area contributed by atoms with Gasteiger partial charge in [0.2, 0.25) is 0 Å². The van der Waals surface area contributed by atoms with Gasteiger partial charge in [-0.3, -0.25) is 4.79 Å². The molecule has 1 N–H and O–H groups in total. The Balaban J connectivity index is 2.16. The third-order valence-corrected chi connectivity index (χ3v) is 5.19. The van der Waals surface area contributed by atoms with Crippen molar-refractivity contribution >= 4 is 32.8 Å². The number of H-pyrrole nitrogens is 1. The van der Waals surface area contributed by atoms with E-state index in [2.05, 4.69) is 20.9 Å². The second-order valence-electron chi connectivity index (χ2n) is 6.08. The largest absolute Gasteiger partial charge is 0.466 e. The van der Waals surface area contributed by atoms with Crippen molar-refractivity contribution in [1.82, 2.24) is 4.98 Å². The average Bonchev–Trinajstić information content (AvgIpc) is 2.94. The summed E-state index contributed by atoms with van der Waals surface area (Å²) in [7, 11) is 0. The van der Waals surface area contributed by atoms with Crippen molar-refractivity contribution in [1.29, 1.82) is 0 Å². The van der Waals surface area contributed by atoms with Crippen LogP contribution < -0.4 is 0 Å². The summed E-state index contributed by atoms with van der Waals surface area (Å²) in [5, 5.41) is 0.845. The third-order valence-electron chi connectivity index (χ3n) is 4.53. The Kier molecular flexibility index (Phi) is 4.97. The molecule has 1 aliphatic rings. The highest BCUT2D eigenvalue weighted by molar-refractivity contribution is 9.10. The minimum absolute atomic E-state index is 0.133. The van der Waals surface area contributed by atoms with E-state index in [4.69, 9.17) is 9.47 Å². The van der Waals surface area contributed by atoms with Crippen molar-refractivity contribution < 1.29 is 18.7 Å². The monoisotopic (exact) mass is 397 g/mol. The van der Waals surface area contributed by atoms with Gasteiger partial charge in [0.1, 0.15) is 11.4 Å².